The van der Waals surface area contributed by atoms with Gasteiger partial charge in [0.2, 0.25) is 35.4 Å². The molecule has 0 radical (unpaired) electrons. The second-order valence-corrected chi connectivity index (χ2v) is 25.6. The maximum Gasteiger partial charge on any atom is 0.415 e. The number of urea groups is 1. The maximum absolute atomic E-state index is 14.2. The number of carbonyl (C=O) groups excluding carboxylic acids is 8. The number of nitrogens with zero attached hydrogens (tertiary/aromatic N) is 7. The van der Waals surface area contributed by atoms with Gasteiger partial charge in [-0.25, -0.2) is 14.5 Å². The lowest BCUT2D eigenvalue weighted by Crippen LogP contribution is -2.50. The number of fused-ring (bicyclic) bond motifs is 5. The molecule has 4 aliphatic rings. The molecule has 30 heteroatoms. The van der Waals surface area contributed by atoms with Crippen LogP contribution >= 0.6 is 0 Å². The van der Waals surface area contributed by atoms with Gasteiger partial charge in [0.15, 0.2) is 5.78 Å². The van der Waals surface area contributed by atoms with Gasteiger partial charge >= 0.3 is 24.1 Å². The number of anilines is 2. The van der Waals surface area contributed by atoms with E-state index in [1.54, 1.807) is 72.4 Å². The van der Waals surface area contributed by atoms with Crippen LogP contribution in [-0.2, 0) is 60.8 Å². The summed E-state index contributed by atoms with van der Waals surface area (Å²) < 4.78 is 0. The van der Waals surface area contributed by atoms with Crippen molar-refractivity contribution in [3.8, 4) is 0 Å². The molecule has 2 aromatic carbocycles. The SMILES string of the molecule is CC(=O)C1(O)CCC2C3CCC4=C/C(=N\OCCC(=O)NC(CCC(=O)Nc5ccc(CC(CN(C)CCN(C)CC(N)=O)N(CC(N)=O)CC(=O)O)cc5)C(=O)Nc5ccc(CC(CN(CCN(C(N)=O)C(=O)O)CC(=O)O)N(C)CC(N)=O)cc5)CCC4C3CCC21. The number of aliphatic hydroxyl groups is 1. The molecule has 0 spiro atoms. The van der Waals surface area contributed by atoms with Crippen molar-refractivity contribution in [3.05, 3.63) is 71.3 Å². The average Bonchev–Trinajstić information content (AvgIpc) is 1.52. The van der Waals surface area contributed by atoms with E-state index in [4.69, 9.17) is 27.8 Å². The molecule has 15 N–H and O–H groups in total. The lowest BCUT2D eigenvalue weighted by molar-refractivity contribution is -0.143. The van der Waals surface area contributed by atoms with Crippen molar-refractivity contribution in [1.29, 1.82) is 0 Å². The number of rotatable bonds is 38. The summed E-state index contributed by atoms with van der Waals surface area (Å²) in [6.45, 7) is 0.504. The molecule has 94 heavy (non-hydrogen) atoms. The summed E-state index contributed by atoms with van der Waals surface area (Å²) in [4.78, 5) is 151. The minimum absolute atomic E-state index is 0.0189. The summed E-state index contributed by atoms with van der Waals surface area (Å²) in [5, 5.41) is 53.0. The van der Waals surface area contributed by atoms with Gasteiger partial charge in [-0.3, -0.25) is 62.8 Å². The number of amides is 9. The molecule has 6 rings (SSSR count). The minimum atomic E-state index is -1.62. The van der Waals surface area contributed by atoms with Gasteiger partial charge in [0, 0.05) is 69.1 Å². The first-order valence-corrected chi connectivity index (χ1v) is 31.8. The number of allylic oxidation sites excluding steroid dienone is 2. The van der Waals surface area contributed by atoms with Gasteiger partial charge in [0.25, 0.3) is 0 Å². The molecule has 0 aromatic heterocycles. The van der Waals surface area contributed by atoms with E-state index < -0.39 is 103 Å². The second kappa shape index (κ2) is 35.2. The van der Waals surface area contributed by atoms with Crippen LogP contribution in [0.15, 0.2) is 65.3 Å². The zero-order valence-corrected chi connectivity index (χ0v) is 54.1. The quantitative estimate of drug-likeness (QED) is 0.0326. The number of Topliss-reactive ketones (excluding diaryl/α,β-unsaturated/α-hetero) is 1. The van der Waals surface area contributed by atoms with E-state index in [0.29, 0.717) is 78.0 Å². The molecule has 30 nitrogen and oxygen atoms in total. The molecule has 9 atom stereocenters. The van der Waals surface area contributed by atoms with Crippen molar-refractivity contribution in [2.45, 2.75) is 114 Å². The lowest BCUT2D eigenvalue weighted by Gasteiger charge is -2.50. The van der Waals surface area contributed by atoms with Crippen molar-refractivity contribution < 1.29 is 78.0 Å². The van der Waals surface area contributed by atoms with Crippen molar-refractivity contribution >= 4 is 82.4 Å². The molecule has 0 saturated heterocycles. The van der Waals surface area contributed by atoms with Crippen LogP contribution in [0.2, 0.25) is 0 Å². The van der Waals surface area contributed by atoms with Crippen molar-refractivity contribution in [1.82, 2.24) is 34.7 Å². The number of hydrogen-bond donors (Lipinski definition) is 11. The van der Waals surface area contributed by atoms with Gasteiger partial charge in [-0.05, 0) is 170 Å². The van der Waals surface area contributed by atoms with Gasteiger partial charge in [-0.1, -0.05) is 35.0 Å². The Morgan fingerprint density at radius 2 is 1.26 bits per heavy atom. The average molecular weight is 1320 g/mol. The number of oxime groups is 1. The third-order valence-corrected chi connectivity index (χ3v) is 18.7. The Bertz CT molecular complexity index is 3070. The fourth-order valence-corrected chi connectivity index (χ4v) is 14.1. The number of imide groups is 1. The lowest BCUT2D eigenvalue weighted by atomic mass is 9.55. The molecular weight excluding hydrogens is 1220 g/mol. The van der Waals surface area contributed by atoms with Crippen LogP contribution in [0.4, 0.5) is 21.0 Å². The van der Waals surface area contributed by atoms with Gasteiger partial charge in [0.05, 0.1) is 44.9 Å². The predicted molar refractivity (Wildman–Crippen MR) is 345 cm³/mol. The summed E-state index contributed by atoms with van der Waals surface area (Å²) >= 11 is 0. The van der Waals surface area contributed by atoms with E-state index in [2.05, 4.69) is 27.2 Å². The van der Waals surface area contributed by atoms with E-state index >= 15 is 0 Å². The fraction of sp³-hybridized carbons (Fsp3) is 0.594. The summed E-state index contributed by atoms with van der Waals surface area (Å²) in [6.07, 6.45) is 7.08. The predicted octanol–water partition coefficient (Wildman–Crippen LogP) is 0.700. The van der Waals surface area contributed by atoms with Crippen LogP contribution in [0.5, 0.6) is 0 Å². The molecule has 2 aromatic rings. The highest BCUT2D eigenvalue weighted by molar-refractivity contribution is 5.98. The molecule has 9 amide bonds. The molecular formula is C64H94N14O16. The van der Waals surface area contributed by atoms with Crippen LogP contribution in [0, 0.1) is 29.6 Å². The number of benzene rings is 2. The highest BCUT2D eigenvalue weighted by Crippen LogP contribution is 2.59. The Balaban J connectivity index is 1.12. The van der Waals surface area contributed by atoms with Crippen LogP contribution in [0.3, 0.4) is 0 Å². The number of nitrogens with two attached hydrogens (primary N) is 4. The Morgan fingerprint density at radius 3 is 1.85 bits per heavy atom. The van der Waals surface area contributed by atoms with Crippen LogP contribution in [0.1, 0.15) is 88.7 Å². The number of ketones is 1. The largest absolute Gasteiger partial charge is 0.480 e. The number of carboxylic acid groups (broad SMARTS) is 3. The summed E-state index contributed by atoms with van der Waals surface area (Å²) in [5.41, 5.74) is 24.6. The highest BCUT2D eigenvalue weighted by atomic mass is 16.6. The fourth-order valence-electron chi connectivity index (χ4n) is 14.1. The third kappa shape index (κ3) is 22.7. The van der Waals surface area contributed by atoms with Crippen LogP contribution < -0.4 is 38.9 Å². The topological polar surface area (TPSA) is 450 Å². The third-order valence-electron chi connectivity index (χ3n) is 18.7. The molecule has 0 bridgehead atoms. The van der Waals surface area contributed by atoms with Gasteiger partial charge in [-0.15, -0.1) is 0 Å². The first-order valence-electron chi connectivity index (χ1n) is 31.8. The number of aliphatic carboxylic acids is 2. The van der Waals surface area contributed by atoms with Crippen LogP contribution in [0.25, 0.3) is 0 Å². The molecule has 0 heterocycles. The monoisotopic (exact) mass is 1310 g/mol. The van der Waals surface area contributed by atoms with Gasteiger partial charge in [-0.2, -0.15) is 0 Å². The molecule has 3 saturated carbocycles. The van der Waals surface area contributed by atoms with E-state index in [9.17, 15) is 73.2 Å². The normalized spacial score (nSPS) is 21.3. The molecule has 9 unspecified atom stereocenters. The molecule has 3 fully saturated rings. The van der Waals surface area contributed by atoms with E-state index in [1.807, 2.05) is 11.9 Å². The van der Waals surface area contributed by atoms with Crippen molar-refractivity contribution in [2.75, 3.05) is 110 Å². The first kappa shape index (κ1) is 74.6. The zero-order chi connectivity index (χ0) is 69.0. The second-order valence-electron chi connectivity index (χ2n) is 25.6. The number of hydrogen-bond acceptors (Lipinski definition) is 19. The number of carboxylic acids is 2. The Morgan fingerprint density at radius 1 is 0.638 bits per heavy atom. The summed E-state index contributed by atoms with van der Waals surface area (Å²) in [6, 6.07) is 9.74. The van der Waals surface area contributed by atoms with E-state index in [-0.39, 0.29) is 83.1 Å². The highest BCUT2D eigenvalue weighted by Gasteiger charge is 2.57. The number of likely N-dealkylation sites (N-methyl/N-ethyl adjacent to an activating group) is 3. The molecule has 4 aliphatic carbocycles. The summed E-state index contributed by atoms with van der Waals surface area (Å²) in [7, 11) is 5.17. The number of nitrogens with one attached hydrogen (secondary N) is 3. The Hall–Kier alpha value is -8.42. The first-order chi connectivity index (χ1) is 44.5. The smallest absolute Gasteiger partial charge is 0.415 e. The Labute approximate surface area is 546 Å². The molecule has 516 valence electrons. The standard InChI is InChI=1S/C64H94N14O16/c1-39(79)64(93)23-21-51-50-15-9-42-31-45(14-16-48(42)49(50)17-18-52(51)64)72-94-28-22-58(84)71-53(61(89)70-44-12-7-40(8-13-44)29-46(75(4)35-55(66)81)33-76(37-59(85)86)26-27-78(62(68)90)63(91)92)19-20-57(83)69-43-10-5-41(6-11-43)30-47(77(36-56(67)82)38-60(87)88)32-73(2)24-25-74(3)34-54(65)80/h5-8,10-13,31,46-53,93H,9,14-30,32-38H2,1-4H3,(H2,65,80)(H2,66,81)(H2,67,82)(H2,68,90)(H,69,83)(H,70,89)(H,71,84)(H,85,86)(H,87,88)(H,91,92)/b72-45-. The van der Waals surface area contributed by atoms with Gasteiger partial charge < -0.3 is 69.0 Å². The summed E-state index contributed by atoms with van der Waals surface area (Å²) in [5.74, 6) is -4.39. The Kier molecular flexibility index (Phi) is 27.9. The number of primary amides is 4. The maximum atomic E-state index is 14.2. The zero-order valence-electron chi connectivity index (χ0n) is 54.1. The van der Waals surface area contributed by atoms with E-state index in [0.717, 1.165) is 49.8 Å². The van der Waals surface area contributed by atoms with Gasteiger partial charge in [0.1, 0.15) is 18.2 Å². The van der Waals surface area contributed by atoms with Crippen molar-refractivity contribution in [3.63, 3.8) is 0 Å². The molecule has 0 aliphatic heterocycles. The van der Waals surface area contributed by atoms with E-state index in [1.165, 1.54) is 22.3 Å². The minimum Gasteiger partial charge on any atom is -0.480 e. The van der Waals surface area contributed by atoms with Crippen molar-refractivity contribution in [2.24, 2.45) is 57.7 Å². The number of carbonyl (C=O) groups is 11. The van der Waals surface area contributed by atoms with Crippen LogP contribution in [-0.4, -0.2) is 244 Å².